The summed E-state index contributed by atoms with van der Waals surface area (Å²) in [6.07, 6.45) is 4.70. The number of anilines is 1. The van der Waals surface area contributed by atoms with Crippen molar-refractivity contribution in [2.75, 3.05) is 5.32 Å². The maximum Gasteiger partial charge on any atom is 0.266 e. The zero-order valence-corrected chi connectivity index (χ0v) is 11.1. The first-order valence-electron chi connectivity index (χ1n) is 5.78. The van der Waals surface area contributed by atoms with E-state index in [2.05, 4.69) is 10.3 Å². The second-order valence-electron chi connectivity index (χ2n) is 3.91. The third kappa shape index (κ3) is 3.67. The lowest BCUT2D eigenvalue weighted by atomic mass is 10.1. The Kier molecular flexibility index (Phi) is 4.48. The van der Waals surface area contributed by atoms with Crippen molar-refractivity contribution in [1.29, 1.82) is 5.26 Å². The van der Waals surface area contributed by atoms with Gasteiger partial charge in [-0.15, -0.1) is 0 Å². The minimum absolute atomic E-state index is 0.0196. The maximum absolute atomic E-state index is 12.0. The number of pyridine rings is 1. The zero-order valence-electron chi connectivity index (χ0n) is 10.4. The highest BCUT2D eigenvalue weighted by Crippen LogP contribution is 2.14. The molecule has 0 fully saturated rings. The summed E-state index contributed by atoms with van der Waals surface area (Å²) in [7, 11) is 0. The van der Waals surface area contributed by atoms with Gasteiger partial charge in [-0.1, -0.05) is 11.6 Å². The Morgan fingerprint density at radius 2 is 1.85 bits per heavy atom. The molecule has 0 saturated heterocycles. The molecule has 1 aromatic carbocycles. The van der Waals surface area contributed by atoms with Gasteiger partial charge in [-0.05, 0) is 48.0 Å². The van der Waals surface area contributed by atoms with Crippen LogP contribution in [0, 0.1) is 11.3 Å². The van der Waals surface area contributed by atoms with Crippen molar-refractivity contribution in [3.63, 3.8) is 0 Å². The van der Waals surface area contributed by atoms with Gasteiger partial charge in [0, 0.05) is 23.1 Å². The molecule has 0 aliphatic heterocycles. The molecule has 4 nitrogen and oxygen atoms in total. The van der Waals surface area contributed by atoms with E-state index in [4.69, 9.17) is 16.9 Å². The fourth-order valence-corrected chi connectivity index (χ4v) is 1.63. The van der Waals surface area contributed by atoms with Gasteiger partial charge in [0.2, 0.25) is 0 Å². The largest absolute Gasteiger partial charge is 0.321 e. The Morgan fingerprint density at radius 1 is 1.20 bits per heavy atom. The molecule has 0 bridgehead atoms. The van der Waals surface area contributed by atoms with E-state index in [9.17, 15) is 4.79 Å². The Hall–Kier alpha value is -2.64. The van der Waals surface area contributed by atoms with Crippen LogP contribution in [0.2, 0.25) is 5.02 Å². The van der Waals surface area contributed by atoms with Crippen molar-refractivity contribution in [2.24, 2.45) is 0 Å². The van der Waals surface area contributed by atoms with Crippen molar-refractivity contribution < 1.29 is 4.79 Å². The first-order chi connectivity index (χ1) is 9.69. The van der Waals surface area contributed by atoms with Gasteiger partial charge < -0.3 is 5.32 Å². The summed E-state index contributed by atoms with van der Waals surface area (Å²) in [6, 6.07) is 12.0. The highest BCUT2D eigenvalue weighted by Gasteiger charge is 2.09. The fraction of sp³-hybridized carbons (Fsp3) is 0. The normalized spacial score (nSPS) is 10.7. The second kappa shape index (κ2) is 6.50. The van der Waals surface area contributed by atoms with E-state index in [0.29, 0.717) is 10.7 Å². The number of hydrogen-bond acceptors (Lipinski definition) is 3. The number of amides is 1. The SMILES string of the molecule is N#C/C(=C/c1ccncc1)C(=O)Nc1ccc(Cl)cc1. The van der Waals surface area contributed by atoms with E-state index in [1.54, 1.807) is 48.8 Å². The predicted molar refractivity (Wildman–Crippen MR) is 77.9 cm³/mol. The molecule has 0 aliphatic carbocycles. The Morgan fingerprint density at radius 3 is 2.45 bits per heavy atom. The Balaban J connectivity index is 2.16. The van der Waals surface area contributed by atoms with E-state index in [1.807, 2.05) is 6.07 Å². The summed E-state index contributed by atoms with van der Waals surface area (Å²) >= 11 is 5.76. The van der Waals surface area contributed by atoms with Gasteiger partial charge in [0.05, 0.1) is 0 Å². The number of nitrogens with zero attached hydrogens (tertiary/aromatic N) is 2. The summed E-state index contributed by atoms with van der Waals surface area (Å²) in [5.41, 5.74) is 1.34. The van der Waals surface area contributed by atoms with Gasteiger partial charge >= 0.3 is 0 Å². The zero-order chi connectivity index (χ0) is 14.4. The highest BCUT2D eigenvalue weighted by molar-refractivity contribution is 6.30. The highest BCUT2D eigenvalue weighted by atomic mass is 35.5. The topological polar surface area (TPSA) is 65.8 Å². The molecule has 2 aromatic rings. The van der Waals surface area contributed by atoms with Crippen LogP contribution < -0.4 is 5.32 Å². The Bertz CT molecular complexity index is 673. The molecule has 20 heavy (non-hydrogen) atoms. The summed E-state index contributed by atoms with van der Waals surface area (Å²) in [4.78, 5) is 15.9. The third-order valence-electron chi connectivity index (χ3n) is 2.48. The first-order valence-corrected chi connectivity index (χ1v) is 6.15. The van der Waals surface area contributed by atoms with Crippen LogP contribution in [0.3, 0.4) is 0 Å². The molecular formula is C15H10ClN3O. The van der Waals surface area contributed by atoms with Crippen molar-refractivity contribution in [3.05, 3.63) is 65.0 Å². The molecule has 0 unspecified atom stereocenters. The van der Waals surface area contributed by atoms with Crippen LogP contribution in [0.1, 0.15) is 5.56 Å². The number of carbonyl (C=O) groups is 1. The van der Waals surface area contributed by atoms with Crippen LogP contribution in [0.25, 0.3) is 6.08 Å². The van der Waals surface area contributed by atoms with Gasteiger partial charge in [-0.2, -0.15) is 5.26 Å². The lowest BCUT2D eigenvalue weighted by molar-refractivity contribution is -0.112. The van der Waals surface area contributed by atoms with Gasteiger partial charge in [-0.3, -0.25) is 9.78 Å². The monoisotopic (exact) mass is 283 g/mol. The third-order valence-corrected chi connectivity index (χ3v) is 2.74. The minimum atomic E-state index is -0.466. The average molecular weight is 284 g/mol. The van der Waals surface area contributed by atoms with Gasteiger partial charge in [0.25, 0.3) is 5.91 Å². The molecule has 98 valence electrons. The molecule has 1 amide bonds. The van der Waals surface area contributed by atoms with Crippen LogP contribution in [0.5, 0.6) is 0 Å². The van der Waals surface area contributed by atoms with Crippen LogP contribution in [-0.2, 0) is 4.79 Å². The molecule has 1 N–H and O–H groups in total. The van der Waals surface area contributed by atoms with Gasteiger partial charge in [0.1, 0.15) is 11.6 Å². The lowest BCUT2D eigenvalue weighted by Gasteiger charge is -2.04. The molecule has 0 radical (unpaired) electrons. The first kappa shape index (κ1) is 13.8. The van der Waals surface area contributed by atoms with E-state index in [1.165, 1.54) is 6.08 Å². The van der Waals surface area contributed by atoms with Crippen LogP contribution in [0.4, 0.5) is 5.69 Å². The number of aromatic nitrogens is 1. The number of nitrogens with one attached hydrogen (secondary N) is 1. The number of halogens is 1. The van der Waals surface area contributed by atoms with E-state index >= 15 is 0 Å². The van der Waals surface area contributed by atoms with Crippen LogP contribution >= 0.6 is 11.6 Å². The van der Waals surface area contributed by atoms with E-state index < -0.39 is 5.91 Å². The Labute approximate surface area is 121 Å². The van der Waals surface area contributed by atoms with Gasteiger partial charge in [0.15, 0.2) is 0 Å². The molecule has 2 rings (SSSR count). The van der Waals surface area contributed by atoms with Crippen molar-refractivity contribution in [3.8, 4) is 6.07 Å². The van der Waals surface area contributed by atoms with Crippen molar-refractivity contribution >= 4 is 29.3 Å². The lowest BCUT2D eigenvalue weighted by Crippen LogP contribution is -2.13. The number of hydrogen-bond donors (Lipinski definition) is 1. The van der Waals surface area contributed by atoms with E-state index in [-0.39, 0.29) is 5.57 Å². The summed E-state index contributed by atoms with van der Waals surface area (Å²) in [5, 5.41) is 12.3. The molecule has 5 heteroatoms. The second-order valence-corrected chi connectivity index (χ2v) is 4.35. The van der Waals surface area contributed by atoms with Crippen molar-refractivity contribution in [1.82, 2.24) is 4.98 Å². The molecule has 0 atom stereocenters. The van der Waals surface area contributed by atoms with Crippen molar-refractivity contribution in [2.45, 2.75) is 0 Å². The average Bonchev–Trinajstić information content (AvgIpc) is 2.48. The van der Waals surface area contributed by atoms with E-state index in [0.717, 1.165) is 5.56 Å². The number of carbonyl (C=O) groups excluding carboxylic acids is 1. The molecule has 0 saturated carbocycles. The molecular weight excluding hydrogens is 274 g/mol. The summed E-state index contributed by atoms with van der Waals surface area (Å²) in [5.74, 6) is -0.466. The summed E-state index contributed by atoms with van der Waals surface area (Å²) < 4.78 is 0. The maximum atomic E-state index is 12.0. The number of rotatable bonds is 3. The molecule has 0 aliphatic rings. The fourth-order valence-electron chi connectivity index (χ4n) is 1.51. The van der Waals surface area contributed by atoms with Crippen LogP contribution in [-0.4, -0.2) is 10.9 Å². The predicted octanol–water partition coefficient (Wildman–Crippen LogP) is 3.28. The number of nitriles is 1. The van der Waals surface area contributed by atoms with Crippen LogP contribution in [0.15, 0.2) is 54.4 Å². The quantitative estimate of drug-likeness (QED) is 0.694. The number of benzene rings is 1. The minimum Gasteiger partial charge on any atom is -0.321 e. The standard InChI is InChI=1S/C15H10ClN3O/c16-13-1-3-14(4-2-13)19-15(20)12(10-17)9-11-5-7-18-8-6-11/h1-9H,(H,19,20)/b12-9-. The van der Waals surface area contributed by atoms with Gasteiger partial charge in [-0.25, -0.2) is 0 Å². The molecule has 1 aromatic heterocycles. The molecule has 1 heterocycles. The molecule has 0 spiro atoms. The smallest absolute Gasteiger partial charge is 0.266 e. The summed E-state index contributed by atoms with van der Waals surface area (Å²) in [6.45, 7) is 0.